The lowest BCUT2D eigenvalue weighted by Gasteiger charge is -2.08. The molecule has 7 heteroatoms. The largest absolute Gasteiger partial charge is 0.463 e. The second-order valence-electron chi connectivity index (χ2n) is 4.44. The fourth-order valence-electron chi connectivity index (χ4n) is 1.60. The molecule has 0 saturated heterocycles. The van der Waals surface area contributed by atoms with E-state index >= 15 is 0 Å². The Morgan fingerprint density at radius 3 is 2.70 bits per heavy atom. The number of nitrogens with zero attached hydrogens (tertiary/aromatic N) is 5. The summed E-state index contributed by atoms with van der Waals surface area (Å²) in [4.78, 5) is 13.0. The van der Waals surface area contributed by atoms with E-state index in [1.165, 1.54) is 0 Å². The molecule has 2 aromatic heterocycles. The lowest BCUT2D eigenvalue weighted by Crippen LogP contribution is -2.09. The average molecular weight is 276 g/mol. The van der Waals surface area contributed by atoms with Gasteiger partial charge in [0.15, 0.2) is 5.82 Å². The van der Waals surface area contributed by atoms with Gasteiger partial charge in [-0.2, -0.15) is 20.1 Å². The van der Waals surface area contributed by atoms with Crippen LogP contribution in [-0.2, 0) is 7.05 Å². The van der Waals surface area contributed by atoms with Gasteiger partial charge in [-0.3, -0.25) is 4.68 Å². The molecule has 0 unspecified atom stereocenters. The number of hydrogen-bond acceptors (Lipinski definition) is 6. The van der Waals surface area contributed by atoms with Crippen LogP contribution in [0.5, 0.6) is 6.01 Å². The third kappa shape index (κ3) is 3.66. The Balaban J connectivity index is 2.29. The molecule has 0 spiro atoms. The molecule has 108 valence electrons. The molecular formula is C13H20N6O. The fourth-order valence-corrected chi connectivity index (χ4v) is 1.60. The van der Waals surface area contributed by atoms with Crippen LogP contribution in [0.2, 0.25) is 0 Å². The molecule has 0 radical (unpaired) electrons. The summed E-state index contributed by atoms with van der Waals surface area (Å²) in [5, 5.41) is 7.29. The second-order valence-corrected chi connectivity index (χ2v) is 4.44. The first-order valence-electron chi connectivity index (χ1n) is 6.84. The van der Waals surface area contributed by atoms with Crippen LogP contribution in [0.25, 0.3) is 11.4 Å². The topological polar surface area (TPSA) is 77.8 Å². The summed E-state index contributed by atoms with van der Waals surface area (Å²) in [5.41, 5.74) is 0.843. The number of rotatable bonds is 7. The van der Waals surface area contributed by atoms with Crippen molar-refractivity contribution in [2.24, 2.45) is 7.05 Å². The van der Waals surface area contributed by atoms with Gasteiger partial charge in [-0.05, 0) is 12.8 Å². The molecule has 0 aliphatic heterocycles. The Bertz CT molecular complexity index is 527. The lowest BCUT2D eigenvalue weighted by molar-refractivity contribution is 0.292. The van der Waals surface area contributed by atoms with Gasteiger partial charge in [-0.15, -0.1) is 0 Å². The maximum Gasteiger partial charge on any atom is 0.321 e. The number of hydrogen-bond donors (Lipinski definition) is 1. The summed E-state index contributed by atoms with van der Waals surface area (Å²) in [7, 11) is 1.86. The Morgan fingerprint density at radius 2 is 2.05 bits per heavy atom. The minimum atomic E-state index is 0.347. The average Bonchev–Trinajstić information content (AvgIpc) is 2.89. The Morgan fingerprint density at radius 1 is 1.20 bits per heavy atom. The number of aromatic nitrogens is 5. The van der Waals surface area contributed by atoms with E-state index < -0.39 is 0 Å². The van der Waals surface area contributed by atoms with Crippen LogP contribution in [-0.4, -0.2) is 37.9 Å². The van der Waals surface area contributed by atoms with Crippen LogP contribution in [0.15, 0.2) is 12.4 Å². The van der Waals surface area contributed by atoms with Gasteiger partial charge in [0.25, 0.3) is 0 Å². The van der Waals surface area contributed by atoms with Crippen molar-refractivity contribution in [1.29, 1.82) is 0 Å². The highest BCUT2D eigenvalue weighted by atomic mass is 16.5. The molecule has 0 aliphatic rings. The zero-order chi connectivity index (χ0) is 14.4. The number of nitrogens with one attached hydrogen (secondary N) is 1. The summed E-state index contributed by atoms with van der Waals surface area (Å²) in [6.07, 6.45) is 5.50. The second kappa shape index (κ2) is 6.83. The number of ether oxygens (including phenoxy) is 1. The third-order valence-corrected chi connectivity index (χ3v) is 2.55. The summed E-state index contributed by atoms with van der Waals surface area (Å²) < 4.78 is 7.23. The maximum absolute atomic E-state index is 5.52. The van der Waals surface area contributed by atoms with Crippen molar-refractivity contribution < 1.29 is 4.74 Å². The molecule has 1 N–H and O–H groups in total. The van der Waals surface area contributed by atoms with Gasteiger partial charge in [-0.1, -0.05) is 13.8 Å². The van der Waals surface area contributed by atoms with E-state index in [0.29, 0.717) is 24.4 Å². The lowest BCUT2D eigenvalue weighted by atomic mass is 10.3. The SMILES string of the molecule is CCCNc1nc(OCCC)nc(-c2cnn(C)c2)n1. The molecule has 0 aromatic carbocycles. The van der Waals surface area contributed by atoms with Crippen molar-refractivity contribution in [2.45, 2.75) is 26.7 Å². The molecule has 0 atom stereocenters. The summed E-state index contributed by atoms with van der Waals surface area (Å²) in [6.45, 7) is 5.53. The van der Waals surface area contributed by atoms with Crippen LogP contribution in [0, 0.1) is 0 Å². The molecule has 0 bridgehead atoms. The van der Waals surface area contributed by atoms with Crippen LogP contribution >= 0.6 is 0 Å². The molecule has 0 aliphatic carbocycles. The summed E-state index contributed by atoms with van der Waals surface area (Å²) in [6, 6.07) is 0.347. The van der Waals surface area contributed by atoms with Gasteiger partial charge < -0.3 is 10.1 Å². The molecule has 2 heterocycles. The Hall–Kier alpha value is -2.18. The van der Waals surface area contributed by atoms with Crippen molar-refractivity contribution in [3.63, 3.8) is 0 Å². The zero-order valence-electron chi connectivity index (χ0n) is 12.1. The highest BCUT2D eigenvalue weighted by Crippen LogP contribution is 2.18. The first-order chi connectivity index (χ1) is 9.72. The minimum Gasteiger partial charge on any atom is -0.463 e. The smallest absolute Gasteiger partial charge is 0.321 e. The van der Waals surface area contributed by atoms with E-state index in [0.717, 1.165) is 24.9 Å². The molecular weight excluding hydrogens is 256 g/mol. The van der Waals surface area contributed by atoms with Crippen LogP contribution < -0.4 is 10.1 Å². The molecule has 2 rings (SSSR count). The first kappa shape index (κ1) is 14.2. The summed E-state index contributed by atoms with van der Waals surface area (Å²) in [5.74, 6) is 1.10. The van der Waals surface area contributed by atoms with E-state index in [-0.39, 0.29) is 0 Å². The number of anilines is 1. The standard InChI is InChI=1S/C13H20N6O/c1-4-6-14-12-16-11(10-8-15-19(3)9-10)17-13(18-12)20-7-5-2/h8-9H,4-7H2,1-3H3,(H,14,16,17,18). The van der Waals surface area contributed by atoms with Crippen molar-refractivity contribution in [1.82, 2.24) is 24.7 Å². The van der Waals surface area contributed by atoms with Gasteiger partial charge in [0.2, 0.25) is 5.95 Å². The van der Waals surface area contributed by atoms with Gasteiger partial charge in [0, 0.05) is 19.8 Å². The third-order valence-electron chi connectivity index (χ3n) is 2.55. The van der Waals surface area contributed by atoms with Crippen LogP contribution in [0.1, 0.15) is 26.7 Å². The van der Waals surface area contributed by atoms with Gasteiger partial charge in [0.05, 0.1) is 18.4 Å². The van der Waals surface area contributed by atoms with E-state index in [9.17, 15) is 0 Å². The Kier molecular flexibility index (Phi) is 4.86. The maximum atomic E-state index is 5.52. The Labute approximate surface area is 118 Å². The quantitative estimate of drug-likeness (QED) is 0.832. The van der Waals surface area contributed by atoms with Gasteiger partial charge in [0.1, 0.15) is 0 Å². The van der Waals surface area contributed by atoms with Crippen molar-refractivity contribution in [2.75, 3.05) is 18.5 Å². The predicted molar refractivity (Wildman–Crippen MR) is 76.6 cm³/mol. The van der Waals surface area contributed by atoms with Crippen molar-refractivity contribution in [3.05, 3.63) is 12.4 Å². The zero-order valence-corrected chi connectivity index (χ0v) is 12.1. The summed E-state index contributed by atoms with van der Waals surface area (Å²) >= 11 is 0. The predicted octanol–water partition coefficient (Wildman–Crippen LogP) is 1.88. The van der Waals surface area contributed by atoms with Crippen molar-refractivity contribution in [3.8, 4) is 17.4 Å². The van der Waals surface area contributed by atoms with Gasteiger partial charge in [-0.25, -0.2) is 0 Å². The van der Waals surface area contributed by atoms with E-state index in [2.05, 4.69) is 32.3 Å². The monoisotopic (exact) mass is 276 g/mol. The molecule has 7 nitrogen and oxygen atoms in total. The van der Waals surface area contributed by atoms with E-state index in [1.54, 1.807) is 10.9 Å². The molecule has 2 aromatic rings. The van der Waals surface area contributed by atoms with E-state index in [1.807, 2.05) is 20.2 Å². The van der Waals surface area contributed by atoms with Crippen LogP contribution in [0.3, 0.4) is 0 Å². The van der Waals surface area contributed by atoms with E-state index in [4.69, 9.17) is 4.74 Å². The fraction of sp³-hybridized carbons (Fsp3) is 0.538. The first-order valence-corrected chi connectivity index (χ1v) is 6.84. The molecule has 0 amide bonds. The molecule has 0 saturated carbocycles. The normalized spacial score (nSPS) is 10.6. The number of aryl methyl sites for hydroxylation is 1. The molecule has 0 fully saturated rings. The highest BCUT2D eigenvalue weighted by Gasteiger charge is 2.10. The van der Waals surface area contributed by atoms with Gasteiger partial charge >= 0.3 is 6.01 Å². The molecule has 20 heavy (non-hydrogen) atoms. The minimum absolute atomic E-state index is 0.347. The van der Waals surface area contributed by atoms with Crippen LogP contribution in [0.4, 0.5) is 5.95 Å². The van der Waals surface area contributed by atoms with Crippen molar-refractivity contribution >= 4 is 5.95 Å². The highest BCUT2D eigenvalue weighted by molar-refractivity contribution is 5.54.